The molecule has 2 heterocycles. The smallest absolute Gasteiger partial charge is 0.253 e. The van der Waals surface area contributed by atoms with Crippen LogP contribution in [0.25, 0.3) is 10.9 Å². The number of hydrogen-bond donors (Lipinski definition) is 0. The van der Waals surface area contributed by atoms with Crippen LogP contribution in [0.1, 0.15) is 36.9 Å². The normalized spacial score (nSPS) is 14.9. The molecular weight excluding hydrogens is 510 g/mol. The molecule has 5 rings (SSSR count). The second kappa shape index (κ2) is 11.9. The standard InChI is InChI=1S/C31H33N3O4S/c1-5-17-33-19-29(23-9-6-7-11-26(23)33)39-20-30(35)34-27(24-10-8-12-28(37-3)31(24)38-4)18-25(32-34)21-13-15-22(36-2)16-14-21/h6-16,19,27H,5,17-18,20H2,1-4H3. The summed E-state index contributed by atoms with van der Waals surface area (Å²) in [4.78, 5) is 14.9. The highest BCUT2D eigenvalue weighted by molar-refractivity contribution is 8.00. The van der Waals surface area contributed by atoms with E-state index in [0.29, 0.717) is 17.9 Å². The van der Waals surface area contributed by atoms with E-state index in [2.05, 4.69) is 35.9 Å². The maximum Gasteiger partial charge on any atom is 0.253 e. The number of carbonyl (C=O) groups is 1. The quantitative estimate of drug-likeness (QED) is 0.212. The molecule has 0 saturated heterocycles. The number of benzene rings is 3. The number of rotatable bonds is 10. The lowest BCUT2D eigenvalue weighted by Crippen LogP contribution is -2.28. The highest BCUT2D eigenvalue weighted by Gasteiger charge is 2.35. The molecule has 0 spiro atoms. The number of ether oxygens (including phenoxy) is 3. The van der Waals surface area contributed by atoms with Crippen LogP contribution in [0, 0.1) is 0 Å². The number of para-hydroxylation sites is 2. The van der Waals surface area contributed by atoms with Crippen LogP contribution >= 0.6 is 11.8 Å². The van der Waals surface area contributed by atoms with E-state index in [0.717, 1.165) is 40.4 Å². The van der Waals surface area contributed by atoms with Crippen molar-refractivity contribution in [3.8, 4) is 17.2 Å². The number of carbonyl (C=O) groups excluding carboxylic acids is 1. The van der Waals surface area contributed by atoms with E-state index in [4.69, 9.17) is 19.3 Å². The number of fused-ring (bicyclic) bond motifs is 1. The molecule has 1 atom stereocenters. The molecule has 0 aliphatic carbocycles. The second-order valence-corrected chi connectivity index (χ2v) is 10.3. The molecule has 0 radical (unpaired) electrons. The van der Waals surface area contributed by atoms with Gasteiger partial charge in [0.25, 0.3) is 5.91 Å². The number of aromatic nitrogens is 1. The Bertz CT molecular complexity index is 1500. The van der Waals surface area contributed by atoms with Crippen LogP contribution in [-0.4, -0.2) is 48.3 Å². The summed E-state index contributed by atoms with van der Waals surface area (Å²) in [6, 6.07) is 21.6. The molecule has 0 saturated carbocycles. The van der Waals surface area contributed by atoms with Crippen LogP contribution in [0.2, 0.25) is 0 Å². The Morgan fingerprint density at radius 2 is 1.77 bits per heavy atom. The Morgan fingerprint density at radius 3 is 2.49 bits per heavy atom. The summed E-state index contributed by atoms with van der Waals surface area (Å²) >= 11 is 1.55. The maximum atomic E-state index is 13.8. The predicted octanol–water partition coefficient (Wildman–Crippen LogP) is 6.55. The van der Waals surface area contributed by atoms with Gasteiger partial charge in [0.15, 0.2) is 11.5 Å². The highest BCUT2D eigenvalue weighted by atomic mass is 32.2. The summed E-state index contributed by atoms with van der Waals surface area (Å²) < 4.78 is 18.9. The SMILES string of the molecule is CCCn1cc(SCC(=O)N2N=C(c3ccc(OC)cc3)CC2c2cccc(OC)c2OC)c2ccccc21. The van der Waals surface area contributed by atoms with Crippen molar-refractivity contribution in [2.45, 2.75) is 37.2 Å². The molecule has 0 bridgehead atoms. The molecule has 1 aliphatic heterocycles. The highest BCUT2D eigenvalue weighted by Crippen LogP contribution is 2.42. The van der Waals surface area contributed by atoms with Crippen LogP contribution < -0.4 is 14.2 Å². The average Bonchev–Trinajstić information content (AvgIpc) is 3.58. The molecule has 1 aromatic heterocycles. The van der Waals surface area contributed by atoms with Gasteiger partial charge in [-0.1, -0.05) is 37.3 Å². The third-order valence-corrected chi connectivity index (χ3v) is 7.98. The van der Waals surface area contributed by atoms with E-state index < -0.39 is 0 Å². The van der Waals surface area contributed by atoms with Crippen molar-refractivity contribution in [3.05, 3.63) is 84.1 Å². The predicted molar refractivity (Wildman–Crippen MR) is 156 cm³/mol. The molecule has 0 fully saturated rings. The third kappa shape index (κ3) is 5.34. The Kier molecular flexibility index (Phi) is 8.12. The fourth-order valence-electron chi connectivity index (χ4n) is 5.07. The van der Waals surface area contributed by atoms with E-state index in [9.17, 15) is 4.79 Å². The first-order valence-corrected chi connectivity index (χ1v) is 14.0. The zero-order valence-electron chi connectivity index (χ0n) is 22.7. The molecular formula is C31H33N3O4S. The van der Waals surface area contributed by atoms with E-state index in [1.807, 2.05) is 48.5 Å². The Hall–Kier alpha value is -3.91. The number of hydrogen-bond acceptors (Lipinski definition) is 6. The van der Waals surface area contributed by atoms with Crippen molar-refractivity contribution in [3.63, 3.8) is 0 Å². The van der Waals surface area contributed by atoms with E-state index in [1.54, 1.807) is 38.1 Å². The van der Waals surface area contributed by atoms with Gasteiger partial charge in [-0.25, -0.2) is 5.01 Å². The van der Waals surface area contributed by atoms with Gasteiger partial charge in [-0.05, 0) is 48.4 Å². The first kappa shape index (κ1) is 26.7. The van der Waals surface area contributed by atoms with Crippen LogP contribution in [0.3, 0.4) is 0 Å². The summed E-state index contributed by atoms with van der Waals surface area (Å²) in [6.45, 7) is 3.11. The van der Waals surface area contributed by atoms with Crippen molar-refractivity contribution in [1.82, 2.24) is 9.58 Å². The first-order chi connectivity index (χ1) is 19.1. The lowest BCUT2D eigenvalue weighted by molar-refractivity contribution is -0.130. The average molecular weight is 544 g/mol. The number of methoxy groups -OCH3 is 3. The lowest BCUT2D eigenvalue weighted by Gasteiger charge is -2.24. The van der Waals surface area contributed by atoms with Crippen molar-refractivity contribution < 1.29 is 19.0 Å². The largest absolute Gasteiger partial charge is 0.497 e. The topological polar surface area (TPSA) is 65.3 Å². The van der Waals surface area contributed by atoms with Gasteiger partial charge in [0.2, 0.25) is 0 Å². The molecule has 1 amide bonds. The number of thioether (sulfide) groups is 1. The third-order valence-electron chi connectivity index (χ3n) is 6.95. The molecule has 3 aromatic carbocycles. The molecule has 4 aromatic rings. The first-order valence-electron chi connectivity index (χ1n) is 13.0. The van der Waals surface area contributed by atoms with E-state index >= 15 is 0 Å². The number of amides is 1. The van der Waals surface area contributed by atoms with E-state index in [-0.39, 0.29) is 17.7 Å². The van der Waals surface area contributed by atoms with Crippen LogP contribution in [-0.2, 0) is 11.3 Å². The minimum absolute atomic E-state index is 0.0642. The summed E-state index contributed by atoms with van der Waals surface area (Å²) in [5.41, 5.74) is 3.84. The van der Waals surface area contributed by atoms with E-state index in [1.165, 1.54) is 10.9 Å². The molecule has 1 aliphatic rings. The van der Waals surface area contributed by atoms with Gasteiger partial charge in [0, 0.05) is 40.5 Å². The molecule has 0 N–H and O–H groups in total. The second-order valence-electron chi connectivity index (χ2n) is 9.31. The van der Waals surface area contributed by atoms with Crippen LogP contribution in [0.5, 0.6) is 17.2 Å². The monoisotopic (exact) mass is 543 g/mol. The molecule has 39 heavy (non-hydrogen) atoms. The molecule has 8 heteroatoms. The lowest BCUT2D eigenvalue weighted by atomic mass is 9.97. The van der Waals surface area contributed by atoms with Gasteiger partial charge in [-0.2, -0.15) is 5.10 Å². The summed E-state index contributed by atoms with van der Waals surface area (Å²) in [6.07, 6.45) is 3.76. The summed E-state index contributed by atoms with van der Waals surface area (Å²) in [7, 11) is 4.88. The minimum Gasteiger partial charge on any atom is -0.497 e. The van der Waals surface area contributed by atoms with Crippen LogP contribution in [0.4, 0.5) is 0 Å². The Balaban J connectivity index is 1.46. The zero-order valence-corrected chi connectivity index (χ0v) is 23.5. The zero-order chi connectivity index (χ0) is 27.4. The summed E-state index contributed by atoms with van der Waals surface area (Å²) in [5.74, 6) is 2.21. The fraction of sp³-hybridized carbons (Fsp3) is 0.290. The Labute approximate surface area is 233 Å². The number of aryl methyl sites for hydroxylation is 1. The van der Waals surface area contributed by atoms with Gasteiger partial charge < -0.3 is 18.8 Å². The van der Waals surface area contributed by atoms with Gasteiger partial charge >= 0.3 is 0 Å². The van der Waals surface area contributed by atoms with Crippen molar-refractivity contribution >= 4 is 34.3 Å². The minimum atomic E-state index is -0.318. The van der Waals surface area contributed by atoms with Gasteiger partial charge in [-0.15, -0.1) is 11.8 Å². The van der Waals surface area contributed by atoms with Crippen molar-refractivity contribution in [2.24, 2.45) is 5.10 Å². The molecule has 202 valence electrons. The maximum absolute atomic E-state index is 13.8. The van der Waals surface area contributed by atoms with Crippen molar-refractivity contribution in [2.75, 3.05) is 27.1 Å². The van der Waals surface area contributed by atoms with Crippen molar-refractivity contribution in [1.29, 1.82) is 0 Å². The van der Waals surface area contributed by atoms with Crippen LogP contribution in [0.15, 0.2) is 82.9 Å². The number of nitrogens with zero attached hydrogens (tertiary/aromatic N) is 3. The van der Waals surface area contributed by atoms with Gasteiger partial charge in [-0.3, -0.25) is 4.79 Å². The summed E-state index contributed by atoms with van der Waals surface area (Å²) in [5, 5.41) is 7.64. The number of hydrazone groups is 1. The van der Waals surface area contributed by atoms with Gasteiger partial charge in [0.05, 0.1) is 38.8 Å². The molecule has 1 unspecified atom stereocenters. The molecule has 7 nitrogen and oxygen atoms in total. The fourth-order valence-corrected chi connectivity index (χ4v) is 6.02. The van der Waals surface area contributed by atoms with Gasteiger partial charge in [0.1, 0.15) is 5.75 Å². The Morgan fingerprint density at radius 1 is 0.974 bits per heavy atom.